The van der Waals surface area contributed by atoms with Crippen molar-refractivity contribution in [1.82, 2.24) is 15.1 Å². The number of ether oxygens (including phenoxy) is 1. The lowest BCUT2D eigenvalue weighted by Gasteiger charge is -2.08. The molecule has 18 heavy (non-hydrogen) atoms. The van der Waals surface area contributed by atoms with E-state index in [1.807, 2.05) is 0 Å². The number of hydrogen-bond donors (Lipinski definition) is 1. The van der Waals surface area contributed by atoms with Crippen molar-refractivity contribution in [3.8, 4) is 0 Å². The van der Waals surface area contributed by atoms with Gasteiger partial charge in [-0.3, -0.25) is 4.68 Å². The Labute approximate surface area is 111 Å². The van der Waals surface area contributed by atoms with Gasteiger partial charge in [0.05, 0.1) is 5.69 Å². The Morgan fingerprint density at radius 3 is 2.94 bits per heavy atom. The van der Waals surface area contributed by atoms with E-state index < -0.39 is 0 Å². The van der Waals surface area contributed by atoms with Gasteiger partial charge in [-0.1, -0.05) is 6.92 Å². The highest BCUT2D eigenvalue weighted by Gasteiger charge is 2.03. The van der Waals surface area contributed by atoms with E-state index in [9.17, 15) is 0 Å². The molecule has 0 aliphatic carbocycles. The Bertz CT molecular complexity index is 312. The van der Waals surface area contributed by atoms with Crippen LogP contribution in [-0.4, -0.2) is 30.0 Å². The number of nitrogens with one attached hydrogen (secondary N) is 1. The van der Waals surface area contributed by atoms with Gasteiger partial charge in [-0.15, -0.1) is 0 Å². The van der Waals surface area contributed by atoms with Crippen LogP contribution in [0.5, 0.6) is 0 Å². The van der Waals surface area contributed by atoms with Crippen molar-refractivity contribution in [2.45, 2.75) is 52.1 Å². The fourth-order valence-corrected chi connectivity index (χ4v) is 1.79. The van der Waals surface area contributed by atoms with Gasteiger partial charge >= 0.3 is 0 Å². The first-order chi connectivity index (χ1) is 8.77. The van der Waals surface area contributed by atoms with Gasteiger partial charge in [0.1, 0.15) is 0 Å². The molecular weight excluding hydrogens is 226 g/mol. The van der Waals surface area contributed by atoms with E-state index in [4.69, 9.17) is 4.74 Å². The zero-order chi connectivity index (χ0) is 13.2. The smallest absolute Gasteiger partial charge is 0.0762 e. The van der Waals surface area contributed by atoms with Crippen LogP contribution in [0.25, 0.3) is 0 Å². The van der Waals surface area contributed by atoms with E-state index in [-0.39, 0.29) is 0 Å². The molecule has 0 saturated carbocycles. The highest BCUT2D eigenvalue weighted by Crippen LogP contribution is 2.08. The Morgan fingerprint density at radius 2 is 2.22 bits per heavy atom. The molecule has 0 bridgehead atoms. The summed E-state index contributed by atoms with van der Waals surface area (Å²) in [5, 5.41) is 7.99. The minimum absolute atomic E-state index is 0.493. The molecule has 0 fully saturated rings. The molecule has 0 aliphatic heterocycles. The summed E-state index contributed by atoms with van der Waals surface area (Å²) < 4.78 is 7.07. The van der Waals surface area contributed by atoms with Crippen LogP contribution in [0.15, 0.2) is 12.3 Å². The lowest BCUT2D eigenvalue weighted by molar-refractivity contribution is 0.192. The summed E-state index contributed by atoms with van der Waals surface area (Å²) in [7, 11) is 1.76. The van der Waals surface area contributed by atoms with Crippen molar-refractivity contribution in [1.29, 1.82) is 0 Å². The number of unbranched alkanes of at least 4 members (excludes halogenated alkanes) is 2. The number of hydrogen-bond acceptors (Lipinski definition) is 3. The fourth-order valence-electron chi connectivity index (χ4n) is 1.79. The van der Waals surface area contributed by atoms with E-state index in [1.165, 1.54) is 12.8 Å². The second kappa shape index (κ2) is 9.11. The molecule has 0 saturated heterocycles. The summed E-state index contributed by atoms with van der Waals surface area (Å²) in [6.07, 6.45) is 6.77. The predicted molar refractivity (Wildman–Crippen MR) is 74.7 cm³/mol. The average Bonchev–Trinajstić information content (AvgIpc) is 2.85. The first-order valence-electron chi connectivity index (χ1n) is 7.01. The minimum atomic E-state index is 0.493. The molecule has 104 valence electrons. The first kappa shape index (κ1) is 15.2. The second-order valence-corrected chi connectivity index (χ2v) is 4.77. The molecular formula is C14H27N3O. The lowest BCUT2D eigenvalue weighted by Crippen LogP contribution is -2.15. The van der Waals surface area contributed by atoms with E-state index in [1.54, 1.807) is 7.11 Å². The number of aromatic nitrogens is 2. The second-order valence-electron chi connectivity index (χ2n) is 4.77. The van der Waals surface area contributed by atoms with Gasteiger partial charge in [-0.25, -0.2) is 0 Å². The van der Waals surface area contributed by atoms with Crippen molar-refractivity contribution in [2.24, 2.45) is 0 Å². The third kappa shape index (κ3) is 5.65. The first-order valence-corrected chi connectivity index (χ1v) is 7.01. The predicted octanol–water partition coefficient (Wildman–Crippen LogP) is 2.76. The fraction of sp³-hybridized carbons (Fsp3) is 0.786. The molecule has 1 heterocycles. The summed E-state index contributed by atoms with van der Waals surface area (Å²) in [6, 6.07) is 2.59. The summed E-state index contributed by atoms with van der Waals surface area (Å²) in [5.74, 6) is 0. The molecule has 4 nitrogen and oxygen atoms in total. The molecule has 4 heteroatoms. The maximum absolute atomic E-state index is 5.02. The van der Waals surface area contributed by atoms with Crippen molar-refractivity contribution in [3.05, 3.63) is 18.0 Å². The van der Waals surface area contributed by atoms with Gasteiger partial charge in [-0.2, -0.15) is 5.10 Å². The van der Waals surface area contributed by atoms with E-state index >= 15 is 0 Å². The molecule has 1 aromatic heterocycles. The average molecular weight is 253 g/mol. The Balaban J connectivity index is 2.10. The van der Waals surface area contributed by atoms with Gasteiger partial charge in [-0.05, 0) is 45.2 Å². The largest absolute Gasteiger partial charge is 0.385 e. The molecule has 1 aromatic rings. The highest BCUT2D eigenvalue weighted by atomic mass is 16.5. The molecule has 0 aliphatic rings. The van der Waals surface area contributed by atoms with Gasteiger partial charge in [0, 0.05) is 32.5 Å². The van der Waals surface area contributed by atoms with Crippen LogP contribution in [0.2, 0.25) is 0 Å². The van der Waals surface area contributed by atoms with Gasteiger partial charge in [0.2, 0.25) is 0 Å². The maximum Gasteiger partial charge on any atom is 0.0762 e. The number of rotatable bonds is 10. The minimum Gasteiger partial charge on any atom is -0.385 e. The Hall–Kier alpha value is -0.870. The lowest BCUT2D eigenvalue weighted by atomic mass is 10.2. The van der Waals surface area contributed by atoms with Crippen molar-refractivity contribution in [2.75, 3.05) is 20.3 Å². The normalized spacial score (nSPS) is 12.8. The molecule has 0 aromatic carbocycles. The van der Waals surface area contributed by atoms with Crippen molar-refractivity contribution >= 4 is 0 Å². The van der Waals surface area contributed by atoms with Gasteiger partial charge in [0.25, 0.3) is 0 Å². The molecule has 0 spiro atoms. The monoisotopic (exact) mass is 253 g/mol. The Kier molecular flexibility index (Phi) is 7.69. The summed E-state index contributed by atoms with van der Waals surface area (Å²) in [4.78, 5) is 0. The van der Waals surface area contributed by atoms with Crippen LogP contribution in [0.1, 0.15) is 51.3 Å². The standard InChI is InChI=1S/C14H27N3O/c1-4-13(2)17-10-8-14(16-17)12-15-9-6-5-7-11-18-3/h8,10,13,15H,4-7,9,11-12H2,1-3H3. The maximum atomic E-state index is 5.02. The Morgan fingerprint density at radius 1 is 1.39 bits per heavy atom. The molecule has 1 atom stereocenters. The summed E-state index contributed by atoms with van der Waals surface area (Å²) in [6.45, 7) is 7.18. The third-order valence-electron chi connectivity index (χ3n) is 3.21. The number of nitrogens with zero attached hydrogens (tertiary/aromatic N) is 2. The zero-order valence-electron chi connectivity index (χ0n) is 12.0. The molecule has 1 rings (SSSR count). The zero-order valence-corrected chi connectivity index (χ0v) is 12.0. The van der Waals surface area contributed by atoms with Gasteiger partial charge < -0.3 is 10.1 Å². The van der Waals surface area contributed by atoms with Crippen molar-refractivity contribution < 1.29 is 4.74 Å². The van der Waals surface area contributed by atoms with Crippen LogP contribution >= 0.6 is 0 Å². The van der Waals surface area contributed by atoms with Crippen LogP contribution in [0.3, 0.4) is 0 Å². The quantitative estimate of drug-likeness (QED) is 0.652. The van der Waals surface area contributed by atoms with E-state index in [0.29, 0.717) is 6.04 Å². The molecule has 1 unspecified atom stereocenters. The summed E-state index contributed by atoms with van der Waals surface area (Å²) >= 11 is 0. The van der Waals surface area contributed by atoms with Crippen LogP contribution in [-0.2, 0) is 11.3 Å². The SMILES string of the molecule is CCC(C)n1ccc(CNCCCCCOC)n1. The third-order valence-corrected chi connectivity index (χ3v) is 3.21. The van der Waals surface area contributed by atoms with Crippen molar-refractivity contribution in [3.63, 3.8) is 0 Å². The van der Waals surface area contributed by atoms with Crippen LogP contribution < -0.4 is 5.32 Å². The van der Waals surface area contributed by atoms with Crippen LogP contribution in [0.4, 0.5) is 0 Å². The molecule has 1 N–H and O–H groups in total. The summed E-state index contributed by atoms with van der Waals surface area (Å²) in [5.41, 5.74) is 1.13. The highest BCUT2D eigenvalue weighted by molar-refractivity contribution is 4.99. The van der Waals surface area contributed by atoms with E-state index in [0.717, 1.165) is 38.2 Å². The van der Waals surface area contributed by atoms with Crippen LogP contribution in [0, 0.1) is 0 Å². The van der Waals surface area contributed by atoms with E-state index in [2.05, 4.69) is 41.2 Å². The molecule has 0 amide bonds. The topological polar surface area (TPSA) is 39.1 Å². The van der Waals surface area contributed by atoms with Gasteiger partial charge in [0.15, 0.2) is 0 Å². The number of methoxy groups -OCH3 is 1. The molecule has 0 radical (unpaired) electrons.